The van der Waals surface area contributed by atoms with Gasteiger partial charge >= 0.3 is 0 Å². The molecular weight excluding hydrogens is 290 g/mol. The van der Waals surface area contributed by atoms with Crippen molar-refractivity contribution in [3.05, 3.63) is 65.2 Å². The minimum atomic E-state index is 0.00656. The summed E-state index contributed by atoms with van der Waals surface area (Å²) in [4.78, 5) is 13.3. The lowest BCUT2D eigenvalue weighted by atomic mass is 10.1. The highest BCUT2D eigenvalue weighted by atomic mass is 32.2. The second-order valence-corrected chi connectivity index (χ2v) is 6.63. The van der Waals surface area contributed by atoms with Gasteiger partial charge in [-0.2, -0.15) is 0 Å². The summed E-state index contributed by atoms with van der Waals surface area (Å²) < 4.78 is 0. The number of thioether (sulfide) groups is 1. The molecule has 116 valence electrons. The Kier molecular flexibility index (Phi) is 6.08. The van der Waals surface area contributed by atoms with Crippen LogP contribution in [0.2, 0.25) is 0 Å². The second kappa shape index (κ2) is 8.04. The van der Waals surface area contributed by atoms with E-state index < -0.39 is 0 Å². The third-order valence-corrected chi connectivity index (χ3v) is 4.72. The molecule has 1 amide bonds. The molecule has 0 aliphatic heterocycles. The highest BCUT2D eigenvalue weighted by molar-refractivity contribution is 7.98. The van der Waals surface area contributed by atoms with E-state index in [2.05, 4.69) is 43.4 Å². The van der Waals surface area contributed by atoms with E-state index in [0.29, 0.717) is 0 Å². The van der Waals surface area contributed by atoms with Crippen molar-refractivity contribution in [2.24, 2.45) is 0 Å². The standard InChI is InChI=1S/C19H23NOS/c1-4-15(3)20-19(21)17-9-7-16(8-10-17)13-22-18-11-5-14(2)6-12-18/h5-12,15H,4,13H2,1-3H3,(H,20,21). The lowest BCUT2D eigenvalue weighted by Gasteiger charge is -2.11. The largest absolute Gasteiger partial charge is 0.350 e. The molecule has 2 aromatic rings. The predicted octanol–water partition coefficient (Wildman–Crippen LogP) is 4.82. The Morgan fingerprint density at radius 2 is 1.73 bits per heavy atom. The molecule has 0 aliphatic carbocycles. The van der Waals surface area contributed by atoms with Crippen LogP contribution in [-0.2, 0) is 5.75 Å². The number of benzene rings is 2. The molecule has 0 aromatic heterocycles. The van der Waals surface area contributed by atoms with Crippen LogP contribution >= 0.6 is 11.8 Å². The van der Waals surface area contributed by atoms with Gasteiger partial charge in [-0.05, 0) is 50.1 Å². The molecule has 1 N–H and O–H groups in total. The number of aryl methyl sites for hydroxylation is 1. The maximum Gasteiger partial charge on any atom is 0.251 e. The van der Waals surface area contributed by atoms with Gasteiger partial charge in [0, 0.05) is 22.3 Å². The Balaban J connectivity index is 1.91. The van der Waals surface area contributed by atoms with Gasteiger partial charge in [-0.15, -0.1) is 11.8 Å². The predicted molar refractivity (Wildman–Crippen MR) is 94.4 cm³/mol. The number of hydrogen-bond donors (Lipinski definition) is 1. The zero-order chi connectivity index (χ0) is 15.9. The Hall–Kier alpha value is -1.74. The van der Waals surface area contributed by atoms with Crippen molar-refractivity contribution in [2.45, 2.75) is 43.9 Å². The Morgan fingerprint density at radius 1 is 1.09 bits per heavy atom. The van der Waals surface area contributed by atoms with Gasteiger partial charge in [0.15, 0.2) is 0 Å². The number of nitrogens with one attached hydrogen (secondary N) is 1. The summed E-state index contributed by atoms with van der Waals surface area (Å²) in [6, 6.07) is 16.6. The van der Waals surface area contributed by atoms with Crippen molar-refractivity contribution in [2.75, 3.05) is 0 Å². The summed E-state index contributed by atoms with van der Waals surface area (Å²) in [7, 11) is 0. The van der Waals surface area contributed by atoms with Gasteiger partial charge in [0.2, 0.25) is 0 Å². The normalized spacial score (nSPS) is 12.0. The first-order valence-corrected chi connectivity index (χ1v) is 8.66. The average Bonchev–Trinajstić information content (AvgIpc) is 2.54. The quantitative estimate of drug-likeness (QED) is 0.775. The van der Waals surface area contributed by atoms with E-state index in [1.165, 1.54) is 16.0 Å². The molecule has 2 aromatic carbocycles. The van der Waals surface area contributed by atoms with E-state index in [9.17, 15) is 4.79 Å². The average molecular weight is 313 g/mol. The van der Waals surface area contributed by atoms with Crippen LogP contribution in [0.4, 0.5) is 0 Å². The van der Waals surface area contributed by atoms with Gasteiger partial charge in [-0.3, -0.25) is 4.79 Å². The van der Waals surface area contributed by atoms with Crippen LogP contribution in [-0.4, -0.2) is 11.9 Å². The molecule has 1 unspecified atom stereocenters. The van der Waals surface area contributed by atoms with Crippen LogP contribution in [0.5, 0.6) is 0 Å². The SMILES string of the molecule is CCC(C)NC(=O)c1ccc(CSc2ccc(C)cc2)cc1. The Bertz CT molecular complexity index is 604. The zero-order valence-electron chi connectivity index (χ0n) is 13.4. The number of rotatable bonds is 6. The minimum absolute atomic E-state index is 0.00656. The van der Waals surface area contributed by atoms with E-state index in [1.54, 1.807) is 0 Å². The van der Waals surface area contributed by atoms with E-state index >= 15 is 0 Å². The van der Waals surface area contributed by atoms with Gasteiger partial charge in [-0.1, -0.05) is 36.8 Å². The molecule has 0 fully saturated rings. The molecule has 0 saturated heterocycles. The van der Waals surface area contributed by atoms with Crippen LogP contribution in [0.15, 0.2) is 53.4 Å². The van der Waals surface area contributed by atoms with Crippen molar-refractivity contribution >= 4 is 17.7 Å². The molecule has 0 bridgehead atoms. The molecule has 0 radical (unpaired) electrons. The monoisotopic (exact) mass is 313 g/mol. The first-order valence-electron chi connectivity index (χ1n) is 7.67. The van der Waals surface area contributed by atoms with Crippen molar-refractivity contribution in [1.29, 1.82) is 0 Å². The molecular formula is C19H23NOS. The van der Waals surface area contributed by atoms with E-state index in [0.717, 1.165) is 17.7 Å². The smallest absolute Gasteiger partial charge is 0.251 e. The molecule has 0 aliphatic rings. The molecule has 0 heterocycles. The molecule has 0 spiro atoms. The number of hydrogen-bond acceptors (Lipinski definition) is 2. The van der Waals surface area contributed by atoms with Crippen LogP contribution in [0.1, 0.15) is 41.8 Å². The molecule has 22 heavy (non-hydrogen) atoms. The van der Waals surface area contributed by atoms with Crippen molar-refractivity contribution in [1.82, 2.24) is 5.32 Å². The highest BCUT2D eigenvalue weighted by Crippen LogP contribution is 2.23. The third kappa shape index (κ3) is 4.92. The van der Waals surface area contributed by atoms with Gasteiger partial charge in [-0.25, -0.2) is 0 Å². The van der Waals surface area contributed by atoms with Crippen LogP contribution in [0.25, 0.3) is 0 Å². The lowest BCUT2D eigenvalue weighted by molar-refractivity contribution is 0.0939. The maximum absolute atomic E-state index is 12.0. The highest BCUT2D eigenvalue weighted by Gasteiger charge is 2.08. The van der Waals surface area contributed by atoms with E-state index in [-0.39, 0.29) is 11.9 Å². The van der Waals surface area contributed by atoms with Crippen LogP contribution in [0, 0.1) is 6.92 Å². The summed E-state index contributed by atoms with van der Waals surface area (Å²) in [5.74, 6) is 0.920. The molecule has 2 nitrogen and oxygen atoms in total. The van der Waals surface area contributed by atoms with Gasteiger partial charge in [0.1, 0.15) is 0 Å². The summed E-state index contributed by atoms with van der Waals surface area (Å²) in [5.41, 5.74) is 3.23. The van der Waals surface area contributed by atoms with Crippen LogP contribution < -0.4 is 5.32 Å². The van der Waals surface area contributed by atoms with Crippen LogP contribution in [0.3, 0.4) is 0 Å². The van der Waals surface area contributed by atoms with Crippen molar-refractivity contribution in [3.8, 4) is 0 Å². The van der Waals surface area contributed by atoms with Gasteiger partial charge in [0.05, 0.1) is 0 Å². The molecule has 2 rings (SSSR count). The van der Waals surface area contributed by atoms with Gasteiger partial charge < -0.3 is 5.32 Å². The molecule has 3 heteroatoms. The first-order chi connectivity index (χ1) is 10.6. The van der Waals surface area contributed by atoms with E-state index in [1.807, 2.05) is 43.0 Å². The second-order valence-electron chi connectivity index (χ2n) is 5.58. The summed E-state index contributed by atoms with van der Waals surface area (Å²) in [6.07, 6.45) is 0.941. The minimum Gasteiger partial charge on any atom is -0.350 e. The summed E-state index contributed by atoms with van der Waals surface area (Å²) in [6.45, 7) is 6.18. The fourth-order valence-corrected chi connectivity index (χ4v) is 2.82. The van der Waals surface area contributed by atoms with E-state index in [4.69, 9.17) is 0 Å². The number of carbonyl (C=O) groups excluding carboxylic acids is 1. The fraction of sp³-hybridized carbons (Fsp3) is 0.316. The van der Waals surface area contributed by atoms with Gasteiger partial charge in [0.25, 0.3) is 5.91 Å². The van der Waals surface area contributed by atoms with Crippen molar-refractivity contribution in [3.63, 3.8) is 0 Å². The first kappa shape index (κ1) is 16.6. The maximum atomic E-state index is 12.0. The fourth-order valence-electron chi connectivity index (χ4n) is 1.96. The number of carbonyl (C=O) groups is 1. The van der Waals surface area contributed by atoms with Crippen molar-refractivity contribution < 1.29 is 4.79 Å². The summed E-state index contributed by atoms with van der Waals surface area (Å²) >= 11 is 1.81. The Morgan fingerprint density at radius 3 is 2.32 bits per heavy atom. The zero-order valence-corrected chi connectivity index (χ0v) is 14.2. The molecule has 1 atom stereocenters. The third-order valence-electron chi connectivity index (χ3n) is 3.63. The topological polar surface area (TPSA) is 29.1 Å². The summed E-state index contributed by atoms with van der Waals surface area (Å²) in [5, 5.41) is 2.98. The lowest BCUT2D eigenvalue weighted by Crippen LogP contribution is -2.31. The number of amides is 1. The molecule has 0 saturated carbocycles. The Labute approximate surface area is 137 Å².